The van der Waals surface area contributed by atoms with Gasteiger partial charge in [-0.15, -0.1) is 11.3 Å². The summed E-state index contributed by atoms with van der Waals surface area (Å²) in [5.74, 6) is 0.824. The highest BCUT2D eigenvalue weighted by atomic mass is 79.9. The van der Waals surface area contributed by atoms with Crippen LogP contribution in [0.1, 0.15) is 30.6 Å². The summed E-state index contributed by atoms with van der Waals surface area (Å²) in [6.45, 7) is 2.00. The van der Waals surface area contributed by atoms with Gasteiger partial charge in [-0.3, -0.25) is 4.79 Å². The van der Waals surface area contributed by atoms with Gasteiger partial charge in [0.1, 0.15) is 5.78 Å². The maximum Gasteiger partial charge on any atom is 0.136 e. The standard InChI is InChI=1S/C13H18BrNOS/c1-15(8-12-7-11(14)9-17-12)6-5-10-3-2-4-13(10)16/h7,9-10H,2-6,8H2,1H3. The van der Waals surface area contributed by atoms with Gasteiger partial charge in [0.05, 0.1) is 0 Å². The van der Waals surface area contributed by atoms with Crippen molar-refractivity contribution in [2.45, 2.75) is 32.2 Å². The van der Waals surface area contributed by atoms with Crippen molar-refractivity contribution in [1.82, 2.24) is 4.90 Å². The van der Waals surface area contributed by atoms with Crippen molar-refractivity contribution >= 4 is 33.0 Å². The van der Waals surface area contributed by atoms with E-state index in [1.807, 2.05) is 0 Å². The summed E-state index contributed by atoms with van der Waals surface area (Å²) in [6, 6.07) is 2.17. The largest absolute Gasteiger partial charge is 0.301 e. The van der Waals surface area contributed by atoms with Crippen molar-refractivity contribution in [3.8, 4) is 0 Å². The minimum absolute atomic E-state index is 0.340. The zero-order valence-electron chi connectivity index (χ0n) is 10.1. The summed E-state index contributed by atoms with van der Waals surface area (Å²) in [7, 11) is 2.13. The molecule has 0 amide bonds. The Bertz CT molecular complexity index is 391. The third kappa shape index (κ3) is 3.90. The second-order valence-electron chi connectivity index (χ2n) is 4.81. The molecule has 1 heterocycles. The van der Waals surface area contributed by atoms with Crippen LogP contribution in [0.3, 0.4) is 0 Å². The summed E-state index contributed by atoms with van der Waals surface area (Å²) in [6.07, 6.45) is 4.05. The van der Waals surface area contributed by atoms with Gasteiger partial charge in [0, 0.05) is 33.6 Å². The molecule has 2 nitrogen and oxygen atoms in total. The lowest BCUT2D eigenvalue weighted by molar-refractivity contribution is -0.120. The van der Waals surface area contributed by atoms with Gasteiger partial charge in [0.2, 0.25) is 0 Å². The Kier molecular flexibility index (Phi) is 4.77. The predicted octanol–water partition coefficient (Wildman–Crippen LogP) is 3.70. The Balaban J connectivity index is 1.74. The van der Waals surface area contributed by atoms with Gasteiger partial charge < -0.3 is 4.90 Å². The van der Waals surface area contributed by atoms with Crippen LogP contribution in [0, 0.1) is 5.92 Å². The topological polar surface area (TPSA) is 20.3 Å². The number of rotatable bonds is 5. The third-order valence-corrected chi connectivity index (χ3v) is 5.02. The number of nitrogens with zero attached hydrogens (tertiary/aromatic N) is 1. The lowest BCUT2D eigenvalue weighted by Gasteiger charge is -2.17. The smallest absolute Gasteiger partial charge is 0.136 e. The molecule has 1 aromatic heterocycles. The Morgan fingerprint density at radius 1 is 1.59 bits per heavy atom. The summed E-state index contributed by atoms with van der Waals surface area (Å²) >= 11 is 5.25. The van der Waals surface area contributed by atoms with Crippen molar-refractivity contribution in [2.24, 2.45) is 5.92 Å². The zero-order valence-corrected chi connectivity index (χ0v) is 12.5. The molecule has 1 saturated carbocycles. The van der Waals surface area contributed by atoms with E-state index in [0.29, 0.717) is 11.7 Å². The highest BCUT2D eigenvalue weighted by Crippen LogP contribution is 2.25. The van der Waals surface area contributed by atoms with Crippen molar-refractivity contribution in [2.75, 3.05) is 13.6 Å². The molecule has 0 N–H and O–H groups in total. The first-order chi connectivity index (χ1) is 8.15. The van der Waals surface area contributed by atoms with E-state index >= 15 is 0 Å². The first-order valence-electron chi connectivity index (χ1n) is 6.09. The quantitative estimate of drug-likeness (QED) is 0.825. The molecule has 0 aliphatic heterocycles. The average Bonchev–Trinajstić information content (AvgIpc) is 2.85. The van der Waals surface area contributed by atoms with Gasteiger partial charge in [0.15, 0.2) is 0 Å². The zero-order chi connectivity index (χ0) is 12.3. The summed E-state index contributed by atoms with van der Waals surface area (Å²) in [4.78, 5) is 15.2. The molecular weight excluding hydrogens is 298 g/mol. The van der Waals surface area contributed by atoms with Crippen molar-refractivity contribution in [3.63, 3.8) is 0 Å². The maximum atomic E-state index is 11.5. The summed E-state index contributed by atoms with van der Waals surface area (Å²) in [5.41, 5.74) is 0. The van der Waals surface area contributed by atoms with Gasteiger partial charge in [-0.25, -0.2) is 0 Å². The molecule has 4 heteroatoms. The fourth-order valence-electron chi connectivity index (χ4n) is 2.35. The fraction of sp³-hybridized carbons (Fsp3) is 0.615. The first kappa shape index (κ1) is 13.2. The molecule has 1 atom stereocenters. The van der Waals surface area contributed by atoms with Crippen LogP contribution in [-0.2, 0) is 11.3 Å². The normalized spacial score (nSPS) is 20.4. The van der Waals surface area contributed by atoms with Crippen LogP contribution in [0.25, 0.3) is 0 Å². The molecule has 0 spiro atoms. The van der Waals surface area contributed by atoms with Gasteiger partial charge in [-0.05, 0) is 54.9 Å². The van der Waals surface area contributed by atoms with Crippen LogP contribution >= 0.6 is 27.3 Å². The van der Waals surface area contributed by atoms with E-state index in [9.17, 15) is 4.79 Å². The number of carbonyl (C=O) groups is 1. The molecule has 2 rings (SSSR count). The minimum atomic E-state index is 0.340. The fourth-order valence-corrected chi connectivity index (χ4v) is 3.88. The van der Waals surface area contributed by atoms with Crippen LogP contribution in [0.4, 0.5) is 0 Å². The van der Waals surface area contributed by atoms with E-state index in [1.165, 1.54) is 4.88 Å². The van der Waals surface area contributed by atoms with E-state index in [1.54, 1.807) is 11.3 Å². The van der Waals surface area contributed by atoms with E-state index in [-0.39, 0.29) is 0 Å². The number of hydrogen-bond donors (Lipinski definition) is 0. The van der Waals surface area contributed by atoms with Gasteiger partial charge in [-0.2, -0.15) is 0 Å². The third-order valence-electron chi connectivity index (χ3n) is 3.34. The maximum absolute atomic E-state index is 11.5. The Morgan fingerprint density at radius 3 is 3.00 bits per heavy atom. The SMILES string of the molecule is CN(CCC1CCCC1=O)Cc1cc(Br)cs1. The van der Waals surface area contributed by atoms with E-state index < -0.39 is 0 Å². The highest BCUT2D eigenvalue weighted by molar-refractivity contribution is 9.10. The average molecular weight is 316 g/mol. The molecule has 17 heavy (non-hydrogen) atoms. The monoisotopic (exact) mass is 315 g/mol. The number of carbonyl (C=O) groups excluding carboxylic acids is 1. The van der Waals surface area contributed by atoms with Gasteiger partial charge in [-0.1, -0.05) is 0 Å². The van der Waals surface area contributed by atoms with Crippen LogP contribution in [-0.4, -0.2) is 24.3 Å². The van der Waals surface area contributed by atoms with Gasteiger partial charge in [0.25, 0.3) is 0 Å². The molecule has 0 radical (unpaired) electrons. The molecule has 94 valence electrons. The number of ketones is 1. The molecule has 1 fully saturated rings. The minimum Gasteiger partial charge on any atom is -0.301 e. The number of halogens is 1. The Labute approximate surface area is 115 Å². The number of thiophene rings is 1. The summed E-state index contributed by atoms with van der Waals surface area (Å²) in [5, 5.41) is 2.11. The van der Waals surface area contributed by atoms with Crippen molar-refractivity contribution < 1.29 is 4.79 Å². The van der Waals surface area contributed by atoms with Crippen LogP contribution in [0.15, 0.2) is 15.9 Å². The second kappa shape index (κ2) is 6.12. The van der Waals surface area contributed by atoms with Crippen LogP contribution in [0.5, 0.6) is 0 Å². The van der Waals surface area contributed by atoms with Gasteiger partial charge >= 0.3 is 0 Å². The van der Waals surface area contributed by atoms with Crippen molar-refractivity contribution in [1.29, 1.82) is 0 Å². The molecule has 1 aromatic rings. The predicted molar refractivity (Wildman–Crippen MR) is 75.3 cm³/mol. The molecule has 0 aromatic carbocycles. The molecule has 0 saturated heterocycles. The number of Topliss-reactive ketones (excluding diaryl/α,β-unsaturated/α-hetero) is 1. The van der Waals surface area contributed by atoms with E-state index in [0.717, 1.165) is 43.2 Å². The van der Waals surface area contributed by atoms with E-state index in [4.69, 9.17) is 0 Å². The number of hydrogen-bond acceptors (Lipinski definition) is 3. The molecule has 1 aliphatic carbocycles. The second-order valence-corrected chi connectivity index (χ2v) is 6.72. The van der Waals surface area contributed by atoms with Crippen molar-refractivity contribution in [3.05, 3.63) is 20.8 Å². The molecule has 1 unspecified atom stereocenters. The first-order valence-corrected chi connectivity index (χ1v) is 7.76. The lowest BCUT2D eigenvalue weighted by Crippen LogP contribution is -2.22. The Morgan fingerprint density at radius 2 is 2.41 bits per heavy atom. The van der Waals surface area contributed by atoms with Crippen LogP contribution in [0.2, 0.25) is 0 Å². The van der Waals surface area contributed by atoms with E-state index in [2.05, 4.69) is 39.3 Å². The molecular formula is C13H18BrNOS. The Hall–Kier alpha value is -0.190. The highest BCUT2D eigenvalue weighted by Gasteiger charge is 2.24. The summed E-state index contributed by atoms with van der Waals surface area (Å²) < 4.78 is 1.16. The molecule has 0 bridgehead atoms. The lowest BCUT2D eigenvalue weighted by atomic mass is 10.0. The van der Waals surface area contributed by atoms with Crippen LogP contribution < -0.4 is 0 Å². The molecule has 1 aliphatic rings.